The van der Waals surface area contributed by atoms with Crippen LogP contribution < -0.4 is 10.5 Å². The van der Waals surface area contributed by atoms with E-state index in [0.29, 0.717) is 17.1 Å². The summed E-state index contributed by atoms with van der Waals surface area (Å²) in [5.74, 6) is 0.994. The van der Waals surface area contributed by atoms with Crippen LogP contribution in [0.15, 0.2) is 9.31 Å². The summed E-state index contributed by atoms with van der Waals surface area (Å²) in [7, 11) is -3.59. The number of nitrogens with two attached hydrogens (primary N) is 1. The fraction of sp³-hybridized carbons (Fsp3) is 0.714. The summed E-state index contributed by atoms with van der Waals surface area (Å²) >= 11 is 0. The lowest BCUT2D eigenvalue weighted by atomic mass is 9.84. The number of hydrogen-bond acceptors (Lipinski definition) is 4. The predicted octanol–water partition coefficient (Wildman–Crippen LogP) is 2.36. The molecule has 0 radical (unpaired) electrons. The maximum Gasteiger partial charge on any atom is 0.244 e. The first kappa shape index (κ1) is 15.5. The van der Waals surface area contributed by atoms with Crippen LogP contribution >= 0.6 is 0 Å². The average Bonchev–Trinajstić information content (AvgIpc) is 2.63. The molecule has 1 saturated carbocycles. The number of nitrogens with one attached hydrogen (secondary N) is 1. The van der Waals surface area contributed by atoms with Gasteiger partial charge in [0, 0.05) is 17.6 Å². The second kappa shape index (κ2) is 5.50. The minimum atomic E-state index is -3.59. The highest BCUT2D eigenvalue weighted by molar-refractivity contribution is 7.89. The Morgan fingerprint density at radius 3 is 2.35 bits per heavy atom. The van der Waals surface area contributed by atoms with Gasteiger partial charge in [0.15, 0.2) is 0 Å². The number of rotatable bonds is 4. The van der Waals surface area contributed by atoms with Gasteiger partial charge in [-0.25, -0.2) is 13.1 Å². The van der Waals surface area contributed by atoms with Gasteiger partial charge in [0.1, 0.15) is 16.4 Å². The van der Waals surface area contributed by atoms with E-state index in [-0.39, 0.29) is 17.0 Å². The van der Waals surface area contributed by atoms with Gasteiger partial charge in [-0.15, -0.1) is 0 Å². The molecule has 1 aliphatic carbocycles. The van der Waals surface area contributed by atoms with Gasteiger partial charge < -0.3 is 10.2 Å². The molecule has 0 spiro atoms. The third-order valence-corrected chi connectivity index (χ3v) is 5.97. The first-order valence-electron chi connectivity index (χ1n) is 7.12. The lowest BCUT2D eigenvalue weighted by Crippen LogP contribution is -2.47. The Labute approximate surface area is 121 Å². The summed E-state index contributed by atoms with van der Waals surface area (Å²) in [6, 6.07) is 0. The molecule has 0 unspecified atom stereocenters. The highest BCUT2D eigenvalue weighted by atomic mass is 32.2. The quantitative estimate of drug-likeness (QED) is 0.894. The molecule has 3 N–H and O–H groups in total. The summed E-state index contributed by atoms with van der Waals surface area (Å²) in [4.78, 5) is 0.226. The SMILES string of the molecule is Cc1oc(C)c(S(=O)(=O)NC2(C)CCCCC2)c1CN. The zero-order chi connectivity index (χ0) is 15.0. The van der Waals surface area contributed by atoms with Gasteiger partial charge >= 0.3 is 0 Å². The molecule has 6 heteroatoms. The molecule has 1 aromatic heterocycles. The van der Waals surface area contributed by atoms with Crippen LogP contribution in [0.4, 0.5) is 0 Å². The van der Waals surface area contributed by atoms with Gasteiger partial charge in [0.05, 0.1) is 0 Å². The number of aryl methyl sites for hydroxylation is 2. The van der Waals surface area contributed by atoms with Crippen molar-refractivity contribution < 1.29 is 12.8 Å². The smallest absolute Gasteiger partial charge is 0.244 e. The van der Waals surface area contributed by atoms with Gasteiger partial charge in [-0.1, -0.05) is 19.3 Å². The summed E-state index contributed by atoms with van der Waals surface area (Å²) in [6.45, 7) is 5.56. The van der Waals surface area contributed by atoms with Gasteiger partial charge in [-0.2, -0.15) is 0 Å². The minimum Gasteiger partial charge on any atom is -0.465 e. The Hall–Kier alpha value is -0.850. The zero-order valence-corrected chi connectivity index (χ0v) is 13.3. The van der Waals surface area contributed by atoms with Crippen molar-refractivity contribution in [2.45, 2.75) is 69.9 Å². The average molecular weight is 300 g/mol. The van der Waals surface area contributed by atoms with Gasteiger partial charge in [0.2, 0.25) is 10.0 Å². The van der Waals surface area contributed by atoms with Crippen LogP contribution in [-0.4, -0.2) is 14.0 Å². The molecular formula is C14H24N2O3S. The van der Waals surface area contributed by atoms with Crippen LogP contribution in [-0.2, 0) is 16.6 Å². The molecule has 1 heterocycles. The lowest BCUT2D eigenvalue weighted by molar-refractivity contribution is 0.293. The number of hydrogen-bond donors (Lipinski definition) is 2. The molecule has 0 saturated heterocycles. The molecule has 5 nitrogen and oxygen atoms in total. The van der Waals surface area contributed by atoms with E-state index in [4.69, 9.17) is 10.2 Å². The van der Waals surface area contributed by atoms with E-state index in [1.807, 2.05) is 6.92 Å². The maximum absolute atomic E-state index is 12.7. The predicted molar refractivity (Wildman–Crippen MR) is 77.9 cm³/mol. The Balaban J connectivity index is 2.36. The summed E-state index contributed by atoms with van der Waals surface area (Å²) < 4.78 is 33.7. The maximum atomic E-state index is 12.7. The van der Waals surface area contributed by atoms with Crippen LogP contribution in [0.5, 0.6) is 0 Å². The van der Waals surface area contributed by atoms with E-state index < -0.39 is 10.0 Å². The van der Waals surface area contributed by atoms with E-state index in [1.54, 1.807) is 13.8 Å². The summed E-state index contributed by atoms with van der Waals surface area (Å²) in [5, 5.41) is 0. The van der Waals surface area contributed by atoms with E-state index in [9.17, 15) is 8.42 Å². The van der Waals surface area contributed by atoms with Gasteiger partial charge in [0.25, 0.3) is 0 Å². The largest absolute Gasteiger partial charge is 0.465 e. The number of furan rings is 1. The molecule has 0 atom stereocenters. The van der Waals surface area contributed by atoms with Crippen molar-refractivity contribution in [2.24, 2.45) is 5.73 Å². The van der Waals surface area contributed by atoms with E-state index in [1.165, 1.54) is 6.42 Å². The third kappa shape index (κ3) is 2.92. The van der Waals surface area contributed by atoms with Crippen LogP contribution in [0.1, 0.15) is 56.1 Å². The standard InChI is InChI=1S/C14H24N2O3S/c1-10-12(9-15)13(11(2)19-10)20(17,18)16-14(3)7-5-4-6-8-14/h16H,4-9,15H2,1-3H3. The monoisotopic (exact) mass is 300 g/mol. The molecule has 1 aromatic rings. The Bertz CT molecular complexity index is 584. The molecule has 0 amide bonds. The molecule has 1 fully saturated rings. The number of sulfonamides is 1. The molecule has 114 valence electrons. The van der Waals surface area contributed by atoms with Crippen molar-refractivity contribution >= 4 is 10.0 Å². The van der Waals surface area contributed by atoms with Crippen molar-refractivity contribution in [3.63, 3.8) is 0 Å². The summed E-state index contributed by atoms with van der Waals surface area (Å²) in [6.07, 6.45) is 5.05. The highest BCUT2D eigenvalue weighted by Gasteiger charge is 2.35. The van der Waals surface area contributed by atoms with Crippen molar-refractivity contribution in [3.8, 4) is 0 Å². The molecular weight excluding hydrogens is 276 g/mol. The molecule has 20 heavy (non-hydrogen) atoms. The van der Waals surface area contributed by atoms with Gasteiger partial charge in [-0.05, 0) is 33.6 Å². The normalized spacial score (nSPS) is 19.2. The fourth-order valence-electron chi connectivity index (χ4n) is 3.11. The van der Waals surface area contributed by atoms with E-state index >= 15 is 0 Å². The molecule has 0 aliphatic heterocycles. The molecule has 1 aliphatic rings. The second-order valence-corrected chi connectivity index (χ2v) is 7.57. The van der Waals surface area contributed by atoms with Gasteiger partial charge in [-0.3, -0.25) is 0 Å². The van der Waals surface area contributed by atoms with Crippen molar-refractivity contribution in [3.05, 3.63) is 17.1 Å². The fourth-order valence-corrected chi connectivity index (χ4v) is 5.03. The van der Waals surface area contributed by atoms with Crippen LogP contribution in [0.25, 0.3) is 0 Å². The topological polar surface area (TPSA) is 85.3 Å². The van der Waals surface area contributed by atoms with Crippen LogP contribution in [0.2, 0.25) is 0 Å². The highest BCUT2D eigenvalue weighted by Crippen LogP contribution is 2.32. The Morgan fingerprint density at radius 1 is 1.20 bits per heavy atom. The Kier molecular flexibility index (Phi) is 4.27. The zero-order valence-electron chi connectivity index (χ0n) is 12.5. The Morgan fingerprint density at radius 2 is 1.80 bits per heavy atom. The van der Waals surface area contributed by atoms with E-state index in [2.05, 4.69) is 4.72 Å². The minimum absolute atomic E-state index is 0.163. The third-order valence-electron chi connectivity index (χ3n) is 4.14. The van der Waals surface area contributed by atoms with Crippen LogP contribution in [0, 0.1) is 13.8 Å². The molecule has 2 rings (SSSR count). The summed E-state index contributed by atoms with van der Waals surface area (Å²) in [5.41, 5.74) is 5.89. The molecule has 0 aromatic carbocycles. The van der Waals surface area contributed by atoms with Crippen LogP contribution in [0.3, 0.4) is 0 Å². The van der Waals surface area contributed by atoms with Crippen molar-refractivity contribution in [1.82, 2.24) is 4.72 Å². The molecule has 0 bridgehead atoms. The lowest BCUT2D eigenvalue weighted by Gasteiger charge is -2.34. The van der Waals surface area contributed by atoms with Crippen molar-refractivity contribution in [2.75, 3.05) is 0 Å². The second-order valence-electron chi connectivity index (χ2n) is 5.95. The first-order chi connectivity index (χ1) is 9.29. The first-order valence-corrected chi connectivity index (χ1v) is 8.60. The van der Waals surface area contributed by atoms with Crippen molar-refractivity contribution in [1.29, 1.82) is 0 Å². The van der Waals surface area contributed by atoms with E-state index in [0.717, 1.165) is 25.7 Å².